The maximum atomic E-state index is 15.3. The van der Waals surface area contributed by atoms with Crippen LogP contribution in [0.5, 0.6) is 0 Å². The monoisotopic (exact) mass is 477 g/mol. The highest BCUT2D eigenvalue weighted by Gasteiger charge is 2.55. The molecule has 1 atom stereocenters. The number of amides is 1. The van der Waals surface area contributed by atoms with Gasteiger partial charge in [-0.2, -0.15) is 8.78 Å². The molecule has 0 unspecified atom stereocenters. The summed E-state index contributed by atoms with van der Waals surface area (Å²) in [5.41, 5.74) is 2.91. The van der Waals surface area contributed by atoms with Crippen molar-refractivity contribution in [3.05, 3.63) is 65.1 Å². The summed E-state index contributed by atoms with van der Waals surface area (Å²) in [7, 11) is 0. The fourth-order valence-electron chi connectivity index (χ4n) is 5.51. The van der Waals surface area contributed by atoms with Gasteiger partial charge in [-0.15, -0.1) is 0 Å². The predicted octanol–water partition coefficient (Wildman–Crippen LogP) is 6.97. The number of nitrogens with zero attached hydrogens (tertiary/aromatic N) is 2. The van der Waals surface area contributed by atoms with Crippen LogP contribution in [0.3, 0.4) is 0 Å². The molecule has 1 aliphatic heterocycles. The summed E-state index contributed by atoms with van der Waals surface area (Å²) >= 11 is 0. The van der Waals surface area contributed by atoms with E-state index in [0.717, 1.165) is 24.8 Å². The Kier molecular flexibility index (Phi) is 4.55. The average molecular weight is 478 g/mol. The number of fused-ring (bicyclic) bond motifs is 3. The molecule has 1 amide bonds. The largest absolute Gasteiger partial charge is 0.444 e. The lowest BCUT2D eigenvalue weighted by Crippen LogP contribution is -2.37. The van der Waals surface area contributed by atoms with Gasteiger partial charge >= 0.3 is 6.09 Å². The molecule has 1 N–H and O–H groups in total. The number of likely N-dealkylation sites (tertiary alicyclic amines) is 1. The molecule has 5 nitrogen and oxygen atoms in total. The van der Waals surface area contributed by atoms with Crippen LogP contribution in [0, 0.1) is 12.3 Å². The number of aromatic nitrogens is 2. The molecule has 182 valence electrons. The van der Waals surface area contributed by atoms with Gasteiger partial charge in [-0.25, -0.2) is 9.78 Å². The lowest BCUT2D eigenvalue weighted by atomic mass is 10.0. The Labute approximate surface area is 203 Å². The molecule has 2 fully saturated rings. The van der Waals surface area contributed by atoms with Gasteiger partial charge in [-0.3, -0.25) is 4.90 Å². The van der Waals surface area contributed by atoms with Gasteiger partial charge in [-0.05, 0) is 75.6 Å². The molecule has 2 aromatic carbocycles. The molecule has 2 aliphatic carbocycles. The van der Waals surface area contributed by atoms with E-state index in [-0.39, 0.29) is 28.7 Å². The van der Waals surface area contributed by atoms with Crippen LogP contribution in [0.1, 0.15) is 68.6 Å². The van der Waals surface area contributed by atoms with Gasteiger partial charge in [0.2, 0.25) is 0 Å². The summed E-state index contributed by atoms with van der Waals surface area (Å²) in [6.07, 6.45) is 4.35. The number of H-pyrrole nitrogens is 1. The molecule has 0 bridgehead atoms. The van der Waals surface area contributed by atoms with Crippen LogP contribution in [0.2, 0.25) is 0 Å². The Morgan fingerprint density at radius 2 is 1.80 bits per heavy atom. The van der Waals surface area contributed by atoms with E-state index < -0.39 is 11.5 Å². The topological polar surface area (TPSA) is 58.2 Å². The Morgan fingerprint density at radius 1 is 1.11 bits per heavy atom. The lowest BCUT2D eigenvalue weighted by molar-refractivity contribution is 0.0212. The van der Waals surface area contributed by atoms with E-state index in [1.54, 1.807) is 35.4 Å². The van der Waals surface area contributed by atoms with Crippen molar-refractivity contribution in [1.29, 1.82) is 0 Å². The minimum atomic E-state index is -3.05. The number of rotatable bonds is 2. The van der Waals surface area contributed by atoms with E-state index >= 15 is 8.78 Å². The number of aryl methyl sites for hydroxylation is 1. The molecule has 1 saturated carbocycles. The fraction of sp³-hybridized carbons (Fsp3) is 0.429. The zero-order valence-corrected chi connectivity index (χ0v) is 20.4. The van der Waals surface area contributed by atoms with Crippen molar-refractivity contribution < 1.29 is 18.3 Å². The van der Waals surface area contributed by atoms with Gasteiger partial charge < -0.3 is 9.72 Å². The predicted molar refractivity (Wildman–Crippen MR) is 129 cm³/mol. The summed E-state index contributed by atoms with van der Waals surface area (Å²) in [5, 5.41) is 0. The van der Waals surface area contributed by atoms with Crippen LogP contribution in [-0.2, 0) is 10.7 Å². The van der Waals surface area contributed by atoms with Crippen LogP contribution in [0.25, 0.3) is 22.4 Å². The van der Waals surface area contributed by atoms with Crippen molar-refractivity contribution in [1.82, 2.24) is 14.9 Å². The molecule has 35 heavy (non-hydrogen) atoms. The van der Waals surface area contributed by atoms with Crippen molar-refractivity contribution in [2.24, 2.45) is 5.41 Å². The van der Waals surface area contributed by atoms with E-state index in [9.17, 15) is 4.79 Å². The number of hydrogen-bond donors (Lipinski definition) is 1. The number of halogens is 2. The molecule has 1 saturated heterocycles. The van der Waals surface area contributed by atoms with Crippen LogP contribution in [0.4, 0.5) is 13.6 Å². The number of alkyl halides is 2. The summed E-state index contributed by atoms with van der Waals surface area (Å²) in [5.74, 6) is -2.38. The maximum Gasteiger partial charge on any atom is 0.410 e. The normalized spacial score (nSPS) is 21.2. The first-order valence-electron chi connectivity index (χ1n) is 12.1. The number of imidazole rings is 1. The van der Waals surface area contributed by atoms with Gasteiger partial charge in [0, 0.05) is 23.2 Å². The van der Waals surface area contributed by atoms with Crippen molar-refractivity contribution in [3.63, 3.8) is 0 Å². The van der Waals surface area contributed by atoms with Crippen LogP contribution in [-0.4, -0.2) is 33.1 Å². The van der Waals surface area contributed by atoms with Gasteiger partial charge in [0.15, 0.2) is 0 Å². The second kappa shape index (κ2) is 7.15. The Hall–Kier alpha value is -3.22. The number of hydrogen-bond acceptors (Lipinski definition) is 3. The second-order valence-electron chi connectivity index (χ2n) is 11.4. The van der Waals surface area contributed by atoms with E-state index in [1.165, 1.54) is 0 Å². The molecule has 0 radical (unpaired) electrons. The number of benzene rings is 2. The highest BCUT2D eigenvalue weighted by Crippen LogP contribution is 2.58. The zero-order chi connectivity index (χ0) is 24.8. The number of aromatic amines is 1. The van der Waals surface area contributed by atoms with Gasteiger partial charge in [0.1, 0.15) is 11.4 Å². The van der Waals surface area contributed by atoms with Gasteiger partial charge in [0.25, 0.3) is 5.92 Å². The van der Waals surface area contributed by atoms with E-state index in [1.807, 2.05) is 39.8 Å². The van der Waals surface area contributed by atoms with Crippen molar-refractivity contribution in [3.8, 4) is 22.4 Å². The molecule has 3 aromatic rings. The minimum absolute atomic E-state index is 0.0138. The SMILES string of the molecule is Cc1ccc2c(c1)C(F)(F)c1cc(-c3cnc([C@@H]4CC5(CC5)CN4C(=O)OC(C)(C)C)[nH]3)ccc1-2. The summed E-state index contributed by atoms with van der Waals surface area (Å²) < 4.78 is 36.3. The molecule has 7 heteroatoms. The van der Waals surface area contributed by atoms with Gasteiger partial charge in [-0.1, -0.05) is 29.8 Å². The molecular weight excluding hydrogens is 448 g/mol. The molecular formula is C28H29F2N3O2. The second-order valence-corrected chi connectivity index (χ2v) is 11.4. The van der Waals surface area contributed by atoms with Crippen LogP contribution in [0.15, 0.2) is 42.6 Å². The Balaban J connectivity index is 1.32. The average Bonchev–Trinajstić information content (AvgIpc) is 3.12. The van der Waals surface area contributed by atoms with E-state index in [2.05, 4.69) is 9.97 Å². The first-order valence-corrected chi connectivity index (χ1v) is 12.1. The van der Waals surface area contributed by atoms with Crippen LogP contribution >= 0.6 is 0 Å². The van der Waals surface area contributed by atoms with Gasteiger partial charge in [0.05, 0.1) is 17.9 Å². The summed E-state index contributed by atoms with van der Waals surface area (Å²) in [6, 6.07) is 10.2. The molecule has 3 aliphatic rings. The minimum Gasteiger partial charge on any atom is -0.444 e. The Morgan fingerprint density at radius 3 is 2.49 bits per heavy atom. The molecule has 6 rings (SSSR count). The Bertz CT molecular complexity index is 1350. The van der Waals surface area contributed by atoms with Crippen molar-refractivity contribution in [2.45, 2.75) is 64.5 Å². The molecule has 1 aromatic heterocycles. The number of carbonyl (C=O) groups is 1. The van der Waals surface area contributed by atoms with Crippen molar-refractivity contribution in [2.75, 3.05) is 6.54 Å². The summed E-state index contributed by atoms with van der Waals surface area (Å²) in [6.45, 7) is 8.06. The van der Waals surface area contributed by atoms with Crippen molar-refractivity contribution >= 4 is 6.09 Å². The number of carbonyl (C=O) groups excluding carboxylic acids is 1. The van der Waals surface area contributed by atoms with Crippen LogP contribution < -0.4 is 0 Å². The smallest absolute Gasteiger partial charge is 0.410 e. The first-order chi connectivity index (χ1) is 16.5. The van der Waals surface area contributed by atoms with E-state index in [4.69, 9.17) is 4.74 Å². The number of ether oxygens (including phenoxy) is 1. The zero-order valence-electron chi connectivity index (χ0n) is 20.4. The standard InChI is InChI=1S/C28H29F2N3O2/c1-16-5-7-18-19-8-6-17(12-21(19)28(29,30)20(18)11-16)22-14-31-24(32-22)23-13-27(9-10-27)15-33(23)25(34)35-26(2,3)4/h5-8,11-12,14,23H,9-10,13,15H2,1-4H3,(H,31,32)/t23-/m0/s1. The lowest BCUT2D eigenvalue weighted by Gasteiger charge is -2.27. The first kappa shape index (κ1) is 22.3. The highest BCUT2D eigenvalue weighted by molar-refractivity contribution is 5.82. The molecule has 2 heterocycles. The quantitative estimate of drug-likeness (QED) is 0.434. The third kappa shape index (κ3) is 3.63. The van der Waals surface area contributed by atoms with E-state index in [0.29, 0.717) is 34.8 Å². The third-order valence-corrected chi connectivity index (χ3v) is 7.48. The maximum absolute atomic E-state index is 15.3. The molecule has 1 spiro atoms. The summed E-state index contributed by atoms with van der Waals surface area (Å²) in [4.78, 5) is 22.6. The number of nitrogens with one attached hydrogen (secondary N) is 1. The third-order valence-electron chi connectivity index (χ3n) is 7.48. The fourth-order valence-corrected chi connectivity index (χ4v) is 5.51. The highest BCUT2D eigenvalue weighted by atomic mass is 19.3.